The van der Waals surface area contributed by atoms with Crippen LogP contribution in [0.3, 0.4) is 0 Å². The summed E-state index contributed by atoms with van der Waals surface area (Å²) in [6.45, 7) is 1.89. The Labute approximate surface area is 122 Å². The molecule has 0 N–H and O–H groups in total. The number of methoxy groups -OCH3 is 2. The van der Waals surface area contributed by atoms with E-state index in [4.69, 9.17) is 9.47 Å². The number of carbonyl (C=O) groups excluding carboxylic acids is 2. The predicted molar refractivity (Wildman–Crippen MR) is 73.2 cm³/mol. The average Bonchev–Trinajstić information content (AvgIpc) is 2.45. The van der Waals surface area contributed by atoms with Crippen LogP contribution in [0.2, 0.25) is 0 Å². The molecule has 0 aromatic carbocycles. The zero-order chi connectivity index (χ0) is 16.0. The molecule has 0 bridgehead atoms. The first kappa shape index (κ1) is 16.7. The van der Waals surface area contributed by atoms with Gasteiger partial charge in [0, 0.05) is 27.1 Å². The highest BCUT2D eigenvalue weighted by molar-refractivity contribution is 5.99. The summed E-state index contributed by atoms with van der Waals surface area (Å²) in [4.78, 5) is 24.4. The standard InChI is InChI=1S/C13H18N2O6/c1-9(16)14(2)11-7-10(21-6-5-19-3)8-15(18)12(11)13(17)20-4/h7-8H,5-6H2,1-4H3. The highest BCUT2D eigenvalue weighted by Crippen LogP contribution is 2.23. The summed E-state index contributed by atoms with van der Waals surface area (Å²) in [5.41, 5.74) is -0.173. The van der Waals surface area contributed by atoms with Crippen LogP contribution in [0.25, 0.3) is 0 Å². The molecule has 0 saturated carbocycles. The van der Waals surface area contributed by atoms with Crippen LogP contribution in [0.4, 0.5) is 5.69 Å². The number of hydrogen-bond acceptors (Lipinski definition) is 6. The number of pyridine rings is 1. The molecule has 1 aromatic heterocycles. The van der Waals surface area contributed by atoms with Crippen molar-refractivity contribution in [3.8, 4) is 5.75 Å². The summed E-state index contributed by atoms with van der Waals surface area (Å²) in [6, 6.07) is 1.43. The van der Waals surface area contributed by atoms with Gasteiger partial charge in [-0.15, -0.1) is 0 Å². The minimum absolute atomic E-state index is 0.110. The van der Waals surface area contributed by atoms with E-state index in [0.717, 1.165) is 13.3 Å². The predicted octanol–water partition coefficient (Wildman–Crippen LogP) is 0.115. The lowest BCUT2D eigenvalue weighted by molar-refractivity contribution is -0.608. The summed E-state index contributed by atoms with van der Waals surface area (Å²) in [7, 11) is 4.12. The van der Waals surface area contributed by atoms with Gasteiger partial charge in [-0.2, -0.15) is 4.73 Å². The maximum Gasteiger partial charge on any atom is 0.407 e. The summed E-state index contributed by atoms with van der Waals surface area (Å²) < 4.78 is 15.1. The van der Waals surface area contributed by atoms with Gasteiger partial charge in [0.25, 0.3) is 0 Å². The molecular weight excluding hydrogens is 280 g/mol. The number of aromatic nitrogens is 1. The van der Waals surface area contributed by atoms with Crippen LogP contribution in [-0.2, 0) is 14.3 Å². The fraction of sp³-hybridized carbons (Fsp3) is 0.462. The monoisotopic (exact) mass is 298 g/mol. The van der Waals surface area contributed by atoms with Crippen molar-refractivity contribution >= 4 is 17.6 Å². The van der Waals surface area contributed by atoms with Gasteiger partial charge < -0.3 is 24.3 Å². The highest BCUT2D eigenvalue weighted by atomic mass is 16.5. The Morgan fingerprint density at radius 1 is 1.33 bits per heavy atom. The zero-order valence-corrected chi connectivity index (χ0v) is 12.4. The van der Waals surface area contributed by atoms with E-state index in [1.165, 1.54) is 32.0 Å². The molecule has 1 heterocycles. The summed E-state index contributed by atoms with van der Waals surface area (Å²) in [6.07, 6.45) is 1.10. The van der Waals surface area contributed by atoms with Gasteiger partial charge in [0.2, 0.25) is 12.1 Å². The van der Waals surface area contributed by atoms with E-state index in [2.05, 4.69) is 4.74 Å². The Morgan fingerprint density at radius 3 is 2.52 bits per heavy atom. The first-order valence-electron chi connectivity index (χ1n) is 6.14. The number of hydrogen-bond donors (Lipinski definition) is 0. The fourth-order valence-electron chi connectivity index (χ4n) is 1.57. The first-order valence-corrected chi connectivity index (χ1v) is 6.14. The van der Waals surface area contributed by atoms with Gasteiger partial charge in [-0.3, -0.25) is 4.79 Å². The van der Waals surface area contributed by atoms with Gasteiger partial charge in [-0.05, 0) is 0 Å². The third-order valence-corrected chi connectivity index (χ3v) is 2.76. The highest BCUT2D eigenvalue weighted by Gasteiger charge is 2.28. The van der Waals surface area contributed by atoms with E-state index in [9.17, 15) is 14.8 Å². The van der Waals surface area contributed by atoms with Crippen molar-refractivity contribution < 1.29 is 28.5 Å². The first-order chi connectivity index (χ1) is 9.92. The zero-order valence-electron chi connectivity index (χ0n) is 12.4. The number of carbonyl (C=O) groups is 2. The molecule has 0 unspecified atom stereocenters. The molecule has 0 fully saturated rings. The molecule has 0 atom stereocenters. The van der Waals surface area contributed by atoms with Gasteiger partial charge in [0.1, 0.15) is 12.3 Å². The third-order valence-electron chi connectivity index (χ3n) is 2.76. The maximum absolute atomic E-state index is 12.0. The number of nitrogens with zero attached hydrogens (tertiary/aromatic N) is 2. The minimum atomic E-state index is -0.837. The lowest BCUT2D eigenvalue weighted by Gasteiger charge is -2.18. The quantitative estimate of drug-likeness (QED) is 0.320. The Hall–Kier alpha value is -2.35. The normalized spacial score (nSPS) is 10.1. The number of ether oxygens (including phenoxy) is 3. The second kappa shape index (κ2) is 7.44. The number of anilines is 1. The SMILES string of the molecule is COCCOc1cc(N(C)C(C)=O)c(C(=O)OC)[n+]([O-])c1. The molecule has 0 spiro atoms. The molecule has 0 radical (unpaired) electrons. The van der Waals surface area contributed by atoms with Gasteiger partial charge in [0.05, 0.1) is 13.7 Å². The van der Waals surface area contributed by atoms with E-state index in [0.29, 0.717) is 11.3 Å². The molecule has 0 aliphatic rings. The Bertz CT molecular complexity index is 532. The van der Waals surface area contributed by atoms with Crippen molar-refractivity contribution in [2.24, 2.45) is 0 Å². The van der Waals surface area contributed by atoms with Gasteiger partial charge in [0.15, 0.2) is 5.75 Å². The summed E-state index contributed by atoms with van der Waals surface area (Å²) >= 11 is 0. The second-order valence-electron chi connectivity index (χ2n) is 4.15. The van der Waals surface area contributed by atoms with Gasteiger partial charge in [-0.25, -0.2) is 4.79 Å². The van der Waals surface area contributed by atoms with Crippen molar-refractivity contribution in [3.63, 3.8) is 0 Å². The maximum atomic E-state index is 12.0. The van der Waals surface area contributed by atoms with Crippen molar-refractivity contribution in [3.05, 3.63) is 23.2 Å². The molecule has 1 aromatic rings. The summed E-state index contributed by atoms with van der Waals surface area (Å²) in [5.74, 6) is -0.955. The second-order valence-corrected chi connectivity index (χ2v) is 4.15. The van der Waals surface area contributed by atoms with E-state index in [1.807, 2.05) is 0 Å². The minimum Gasteiger partial charge on any atom is -0.618 e. The third kappa shape index (κ3) is 4.06. The summed E-state index contributed by atoms with van der Waals surface area (Å²) in [5, 5.41) is 12.0. The van der Waals surface area contributed by atoms with E-state index >= 15 is 0 Å². The van der Waals surface area contributed by atoms with E-state index in [-0.39, 0.29) is 29.6 Å². The number of rotatable bonds is 6. The van der Waals surface area contributed by atoms with Crippen LogP contribution in [0.5, 0.6) is 5.75 Å². The average molecular weight is 298 g/mol. The largest absolute Gasteiger partial charge is 0.618 e. The van der Waals surface area contributed by atoms with Crippen LogP contribution in [0.1, 0.15) is 17.4 Å². The molecule has 0 aliphatic carbocycles. The van der Waals surface area contributed by atoms with Crippen LogP contribution in [0.15, 0.2) is 12.3 Å². The lowest BCUT2D eigenvalue weighted by atomic mass is 10.2. The molecule has 1 amide bonds. The van der Waals surface area contributed by atoms with Crippen LogP contribution < -0.4 is 14.4 Å². The van der Waals surface area contributed by atoms with Gasteiger partial charge >= 0.3 is 11.7 Å². The molecule has 8 nitrogen and oxygen atoms in total. The number of amides is 1. The van der Waals surface area contributed by atoms with Gasteiger partial charge in [-0.1, -0.05) is 0 Å². The van der Waals surface area contributed by atoms with Crippen LogP contribution in [-0.4, -0.2) is 46.4 Å². The van der Waals surface area contributed by atoms with Crippen molar-refractivity contribution in [2.75, 3.05) is 39.4 Å². The lowest BCUT2D eigenvalue weighted by Crippen LogP contribution is -2.39. The fourth-order valence-corrected chi connectivity index (χ4v) is 1.57. The molecular formula is C13H18N2O6. The van der Waals surface area contributed by atoms with Crippen LogP contribution in [0, 0.1) is 5.21 Å². The Morgan fingerprint density at radius 2 is 2.00 bits per heavy atom. The smallest absolute Gasteiger partial charge is 0.407 e. The molecule has 21 heavy (non-hydrogen) atoms. The Balaban J connectivity index is 3.25. The molecule has 0 saturated heterocycles. The van der Waals surface area contributed by atoms with Crippen LogP contribution >= 0.6 is 0 Å². The van der Waals surface area contributed by atoms with Crippen molar-refractivity contribution in [2.45, 2.75) is 6.92 Å². The Kier molecular flexibility index (Phi) is 5.92. The molecule has 0 aliphatic heterocycles. The topological polar surface area (TPSA) is 92.0 Å². The van der Waals surface area contributed by atoms with Crippen molar-refractivity contribution in [1.29, 1.82) is 0 Å². The van der Waals surface area contributed by atoms with Crippen molar-refractivity contribution in [1.82, 2.24) is 0 Å². The molecule has 8 heteroatoms. The molecule has 116 valence electrons. The molecule has 1 rings (SSSR count). The number of esters is 1. The van der Waals surface area contributed by atoms with E-state index in [1.54, 1.807) is 0 Å². The van der Waals surface area contributed by atoms with E-state index < -0.39 is 5.97 Å².